The van der Waals surface area contributed by atoms with E-state index < -0.39 is 11.6 Å². The molecular formula is C17H18N2O4. The van der Waals surface area contributed by atoms with Crippen LogP contribution in [0.25, 0.3) is 0 Å². The van der Waals surface area contributed by atoms with Gasteiger partial charge in [-0.2, -0.15) is 0 Å². The molecule has 6 nitrogen and oxygen atoms in total. The van der Waals surface area contributed by atoms with E-state index in [0.717, 1.165) is 5.75 Å². The maximum atomic E-state index is 12.5. The maximum absolute atomic E-state index is 12.5. The van der Waals surface area contributed by atoms with Crippen LogP contribution in [-0.2, 0) is 10.3 Å². The highest BCUT2D eigenvalue weighted by Gasteiger charge is 2.50. The molecule has 1 aromatic heterocycles. The van der Waals surface area contributed by atoms with Gasteiger partial charge in [-0.15, -0.1) is 0 Å². The first kappa shape index (κ1) is 15.1. The van der Waals surface area contributed by atoms with Crippen molar-refractivity contribution in [1.29, 1.82) is 0 Å². The van der Waals surface area contributed by atoms with E-state index in [-0.39, 0.29) is 5.91 Å². The van der Waals surface area contributed by atoms with Gasteiger partial charge in [0.1, 0.15) is 11.5 Å². The Morgan fingerprint density at radius 2 is 1.96 bits per heavy atom. The molecule has 23 heavy (non-hydrogen) atoms. The number of nitrogens with zero attached hydrogens (tertiary/aromatic N) is 1. The first-order valence-electron chi connectivity index (χ1n) is 7.47. The van der Waals surface area contributed by atoms with Gasteiger partial charge in [0.05, 0.1) is 12.9 Å². The van der Waals surface area contributed by atoms with Crippen LogP contribution in [0.5, 0.6) is 5.75 Å². The Kier molecular flexibility index (Phi) is 4.06. The molecule has 120 valence electrons. The summed E-state index contributed by atoms with van der Waals surface area (Å²) in [5, 5.41) is 2.69. The van der Waals surface area contributed by atoms with Crippen LogP contribution < -0.4 is 10.1 Å². The van der Waals surface area contributed by atoms with Crippen molar-refractivity contribution in [2.24, 2.45) is 0 Å². The van der Waals surface area contributed by atoms with Crippen molar-refractivity contribution in [3.63, 3.8) is 0 Å². The Hall–Kier alpha value is -2.76. The molecule has 1 aromatic carbocycles. The summed E-state index contributed by atoms with van der Waals surface area (Å²) in [6.07, 6.45) is 2.04. The van der Waals surface area contributed by atoms with Gasteiger partial charge in [-0.05, 0) is 37.6 Å². The highest BCUT2D eigenvalue weighted by molar-refractivity contribution is 6.06. The smallest absolute Gasteiger partial charge is 0.325 e. The molecule has 0 radical (unpaired) electrons. The number of amides is 3. The van der Waals surface area contributed by atoms with Gasteiger partial charge in [-0.25, -0.2) is 4.79 Å². The second-order valence-electron chi connectivity index (χ2n) is 5.50. The van der Waals surface area contributed by atoms with E-state index in [2.05, 4.69) is 5.32 Å². The Labute approximate surface area is 134 Å². The molecule has 2 heterocycles. The second kappa shape index (κ2) is 6.16. The van der Waals surface area contributed by atoms with E-state index in [1.807, 2.05) is 30.3 Å². The number of nitrogens with one attached hydrogen (secondary N) is 1. The molecule has 1 N–H and O–H groups in total. The van der Waals surface area contributed by atoms with E-state index >= 15 is 0 Å². The lowest BCUT2D eigenvalue weighted by molar-refractivity contribution is -0.131. The number of hydrogen-bond donors (Lipinski definition) is 1. The molecule has 3 rings (SSSR count). The van der Waals surface area contributed by atoms with Crippen LogP contribution in [0.1, 0.15) is 19.1 Å². The molecule has 6 heteroatoms. The predicted octanol–water partition coefficient (Wildman–Crippen LogP) is 2.52. The molecule has 2 aromatic rings. The Bertz CT molecular complexity index is 684. The highest BCUT2D eigenvalue weighted by atomic mass is 16.5. The first-order chi connectivity index (χ1) is 11.1. The van der Waals surface area contributed by atoms with Gasteiger partial charge in [0, 0.05) is 6.54 Å². The summed E-state index contributed by atoms with van der Waals surface area (Å²) < 4.78 is 10.9. The van der Waals surface area contributed by atoms with E-state index in [0.29, 0.717) is 25.3 Å². The summed E-state index contributed by atoms with van der Waals surface area (Å²) >= 11 is 0. The lowest BCUT2D eigenvalue weighted by atomic mass is 9.99. The van der Waals surface area contributed by atoms with Crippen LogP contribution in [0.3, 0.4) is 0 Å². The third-order valence-electron chi connectivity index (χ3n) is 3.83. The Balaban J connectivity index is 1.56. The minimum atomic E-state index is -1.14. The number of imide groups is 1. The molecule has 1 saturated heterocycles. The number of benzene rings is 1. The molecule has 1 aliphatic rings. The quantitative estimate of drug-likeness (QED) is 0.657. The van der Waals surface area contributed by atoms with Gasteiger partial charge in [0.2, 0.25) is 0 Å². The highest BCUT2D eigenvalue weighted by Crippen LogP contribution is 2.29. The monoisotopic (exact) mass is 314 g/mol. The molecule has 0 spiro atoms. The number of urea groups is 1. The molecule has 1 aliphatic heterocycles. The fourth-order valence-electron chi connectivity index (χ4n) is 2.56. The van der Waals surface area contributed by atoms with Crippen LogP contribution in [0, 0.1) is 0 Å². The number of carbonyl (C=O) groups excluding carboxylic acids is 2. The number of rotatable bonds is 6. The van der Waals surface area contributed by atoms with Crippen molar-refractivity contribution in [3.8, 4) is 5.75 Å². The Morgan fingerprint density at radius 3 is 2.65 bits per heavy atom. The maximum Gasteiger partial charge on any atom is 0.325 e. The molecule has 0 bridgehead atoms. The molecular weight excluding hydrogens is 296 g/mol. The fraction of sp³-hybridized carbons (Fsp3) is 0.294. The zero-order chi connectivity index (χ0) is 16.3. The molecule has 0 saturated carbocycles. The van der Waals surface area contributed by atoms with Crippen LogP contribution in [-0.4, -0.2) is 30.0 Å². The SMILES string of the molecule is CC1(c2ccco2)NC(=O)N(CCCOc2ccccc2)C1=O. The van der Waals surface area contributed by atoms with Crippen LogP contribution >= 0.6 is 0 Å². The molecule has 1 fully saturated rings. The minimum absolute atomic E-state index is 0.299. The van der Waals surface area contributed by atoms with Crippen LogP contribution in [0.4, 0.5) is 4.79 Å². The molecule has 1 unspecified atom stereocenters. The van der Waals surface area contributed by atoms with Crippen LogP contribution in [0.2, 0.25) is 0 Å². The second-order valence-corrected chi connectivity index (χ2v) is 5.50. The van der Waals surface area contributed by atoms with Gasteiger partial charge in [0.25, 0.3) is 5.91 Å². The number of ether oxygens (including phenoxy) is 1. The molecule has 1 atom stereocenters. The summed E-state index contributed by atoms with van der Waals surface area (Å²) in [5.41, 5.74) is -1.14. The lowest BCUT2D eigenvalue weighted by Gasteiger charge is -2.19. The van der Waals surface area contributed by atoms with Gasteiger partial charge in [-0.3, -0.25) is 9.69 Å². The van der Waals surface area contributed by atoms with Crippen LogP contribution in [0.15, 0.2) is 53.1 Å². The van der Waals surface area contributed by atoms with E-state index in [1.165, 1.54) is 11.2 Å². The average Bonchev–Trinajstić information content (AvgIpc) is 3.16. The number of hydrogen-bond acceptors (Lipinski definition) is 4. The zero-order valence-corrected chi connectivity index (χ0v) is 12.8. The number of para-hydroxylation sites is 1. The molecule has 0 aliphatic carbocycles. The number of furan rings is 1. The van der Waals surface area contributed by atoms with Gasteiger partial charge in [-0.1, -0.05) is 18.2 Å². The van der Waals surface area contributed by atoms with E-state index in [1.54, 1.807) is 19.1 Å². The van der Waals surface area contributed by atoms with Gasteiger partial charge in [0.15, 0.2) is 5.54 Å². The summed E-state index contributed by atoms with van der Waals surface area (Å²) in [4.78, 5) is 25.8. The summed E-state index contributed by atoms with van der Waals surface area (Å²) in [7, 11) is 0. The third-order valence-corrected chi connectivity index (χ3v) is 3.83. The largest absolute Gasteiger partial charge is 0.494 e. The average molecular weight is 314 g/mol. The van der Waals surface area contributed by atoms with Crippen molar-refractivity contribution in [2.45, 2.75) is 18.9 Å². The van der Waals surface area contributed by atoms with Crippen molar-refractivity contribution in [2.75, 3.05) is 13.2 Å². The standard InChI is InChI=1S/C17H18N2O4/c1-17(14-9-5-11-23-14)15(20)19(16(21)18-17)10-6-12-22-13-7-3-2-4-8-13/h2-5,7-9,11H,6,10,12H2,1H3,(H,18,21). The summed E-state index contributed by atoms with van der Waals surface area (Å²) in [5.74, 6) is 0.890. The summed E-state index contributed by atoms with van der Waals surface area (Å²) in [6, 6.07) is 12.4. The predicted molar refractivity (Wildman–Crippen MR) is 82.9 cm³/mol. The van der Waals surface area contributed by atoms with E-state index in [9.17, 15) is 9.59 Å². The minimum Gasteiger partial charge on any atom is -0.494 e. The van der Waals surface area contributed by atoms with Gasteiger partial charge >= 0.3 is 6.03 Å². The van der Waals surface area contributed by atoms with E-state index in [4.69, 9.17) is 9.15 Å². The lowest BCUT2D eigenvalue weighted by Crippen LogP contribution is -2.40. The van der Waals surface area contributed by atoms with Crippen molar-refractivity contribution < 1.29 is 18.7 Å². The summed E-state index contributed by atoms with van der Waals surface area (Å²) in [6.45, 7) is 2.37. The topological polar surface area (TPSA) is 71.8 Å². The van der Waals surface area contributed by atoms with Gasteiger partial charge < -0.3 is 14.5 Å². The molecule has 3 amide bonds. The van der Waals surface area contributed by atoms with Crippen molar-refractivity contribution >= 4 is 11.9 Å². The third kappa shape index (κ3) is 2.92. The number of carbonyl (C=O) groups is 2. The van der Waals surface area contributed by atoms with Crippen molar-refractivity contribution in [1.82, 2.24) is 10.2 Å². The normalized spacial score (nSPS) is 20.7. The Morgan fingerprint density at radius 1 is 1.17 bits per heavy atom. The fourth-order valence-corrected chi connectivity index (χ4v) is 2.56. The van der Waals surface area contributed by atoms with Crippen molar-refractivity contribution in [3.05, 3.63) is 54.5 Å². The first-order valence-corrected chi connectivity index (χ1v) is 7.47. The zero-order valence-electron chi connectivity index (χ0n) is 12.8.